The molecule has 1 aliphatic heterocycles. The molecule has 7 heteroatoms. The molecule has 180 valence electrons. The van der Waals surface area contributed by atoms with Gasteiger partial charge in [-0.3, -0.25) is 9.59 Å². The lowest BCUT2D eigenvalue weighted by atomic mass is 9.98. The number of fused-ring (bicyclic) bond motifs is 2. The van der Waals surface area contributed by atoms with E-state index in [1.165, 1.54) is 0 Å². The molecule has 34 heavy (non-hydrogen) atoms. The number of rotatable bonds is 10. The SMILES string of the molecule is CCOc1ccc([C@H]2c3c(oc4ccccc4c3=O)C(=O)N2CCCN(CC)CC)cc1OC. The number of ether oxygens (including phenoxy) is 2. The fourth-order valence-corrected chi connectivity index (χ4v) is 4.68. The van der Waals surface area contributed by atoms with E-state index in [0.717, 1.165) is 31.6 Å². The van der Waals surface area contributed by atoms with E-state index in [1.54, 1.807) is 36.3 Å². The van der Waals surface area contributed by atoms with Gasteiger partial charge in [0, 0.05) is 6.54 Å². The maximum atomic E-state index is 13.6. The molecule has 0 radical (unpaired) electrons. The molecule has 7 nitrogen and oxygen atoms in total. The minimum atomic E-state index is -0.551. The van der Waals surface area contributed by atoms with E-state index < -0.39 is 6.04 Å². The first kappa shape index (κ1) is 23.8. The topological polar surface area (TPSA) is 72.2 Å². The predicted octanol–water partition coefficient (Wildman–Crippen LogP) is 4.48. The van der Waals surface area contributed by atoms with Gasteiger partial charge in [0.2, 0.25) is 5.76 Å². The first-order chi connectivity index (χ1) is 16.5. The summed E-state index contributed by atoms with van der Waals surface area (Å²) in [5, 5.41) is 0.474. The third-order valence-corrected chi connectivity index (χ3v) is 6.44. The van der Waals surface area contributed by atoms with E-state index in [2.05, 4.69) is 18.7 Å². The largest absolute Gasteiger partial charge is 0.493 e. The lowest BCUT2D eigenvalue weighted by Crippen LogP contribution is -2.33. The number of nitrogens with zero attached hydrogens (tertiary/aromatic N) is 2. The molecule has 0 aliphatic carbocycles. The van der Waals surface area contributed by atoms with E-state index >= 15 is 0 Å². The number of hydrogen-bond donors (Lipinski definition) is 0. The van der Waals surface area contributed by atoms with Crippen molar-refractivity contribution in [3.63, 3.8) is 0 Å². The van der Waals surface area contributed by atoms with Gasteiger partial charge in [-0.25, -0.2) is 0 Å². The highest BCUT2D eigenvalue weighted by Gasteiger charge is 2.42. The number of methoxy groups -OCH3 is 1. The Morgan fingerprint density at radius 1 is 1.03 bits per heavy atom. The molecule has 0 spiro atoms. The average molecular weight is 465 g/mol. The van der Waals surface area contributed by atoms with Crippen LogP contribution in [0.3, 0.4) is 0 Å². The van der Waals surface area contributed by atoms with Crippen molar-refractivity contribution < 1.29 is 18.7 Å². The number of carbonyl (C=O) groups excluding carboxylic acids is 1. The van der Waals surface area contributed by atoms with Crippen molar-refractivity contribution in [2.24, 2.45) is 0 Å². The summed E-state index contributed by atoms with van der Waals surface area (Å²) >= 11 is 0. The van der Waals surface area contributed by atoms with Gasteiger partial charge in [-0.2, -0.15) is 0 Å². The number of amides is 1. The molecule has 0 saturated heterocycles. The summed E-state index contributed by atoms with van der Waals surface area (Å²) in [4.78, 5) is 31.2. The summed E-state index contributed by atoms with van der Waals surface area (Å²) in [7, 11) is 1.58. The summed E-state index contributed by atoms with van der Waals surface area (Å²) in [5.74, 6) is 1.06. The highest BCUT2D eigenvalue weighted by molar-refractivity contribution is 5.99. The van der Waals surface area contributed by atoms with Crippen molar-refractivity contribution in [1.29, 1.82) is 0 Å². The predicted molar refractivity (Wildman–Crippen MR) is 132 cm³/mol. The van der Waals surface area contributed by atoms with Crippen molar-refractivity contribution >= 4 is 16.9 Å². The Morgan fingerprint density at radius 2 is 1.79 bits per heavy atom. The first-order valence-corrected chi connectivity index (χ1v) is 11.9. The zero-order chi connectivity index (χ0) is 24.2. The van der Waals surface area contributed by atoms with Gasteiger partial charge in [0.25, 0.3) is 5.91 Å². The second-order valence-electron chi connectivity index (χ2n) is 8.29. The summed E-state index contributed by atoms with van der Waals surface area (Å²) in [6.07, 6.45) is 0.791. The van der Waals surface area contributed by atoms with Crippen LogP contribution in [0.15, 0.2) is 51.7 Å². The molecule has 3 aromatic rings. The van der Waals surface area contributed by atoms with Crippen molar-refractivity contribution in [2.45, 2.75) is 33.2 Å². The Kier molecular flexibility index (Phi) is 7.22. The number of para-hydroxylation sites is 1. The molecule has 2 heterocycles. The van der Waals surface area contributed by atoms with Crippen LogP contribution in [-0.4, -0.2) is 55.6 Å². The van der Waals surface area contributed by atoms with Crippen LogP contribution < -0.4 is 14.9 Å². The Morgan fingerprint density at radius 3 is 2.50 bits per heavy atom. The van der Waals surface area contributed by atoms with Crippen molar-refractivity contribution in [3.8, 4) is 11.5 Å². The second kappa shape index (κ2) is 10.3. The Hall–Kier alpha value is -3.32. The van der Waals surface area contributed by atoms with Crippen LogP contribution in [0.25, 0.3) is 11.0 Å². The molecule has 1 aromatic heterocycles. The maximum absolute atomic E-state index is 13.6. The Bertz CT molecular complexity index is 1230. The number of carbonyl (C=O) groups is 1. The zero-order valence-electron chi connectivity index (χ0n) is 20.3. The van der Waals surface area contributed by atoms with E-state index in [0.29, 0.717) is 41.2 Å². The molecule has 4 rings (SSSR count). The van der Waals surface area contributed by atoms with Crippen LogP contribution in [-0.2, 0) is 0 Å². The van der Waals surface area contributed by atoms with Crippen LogP contribution >= 0.6 is 0 Å². The Labute approximate surface area is 199 Å². The fraction of sp³-hybridized carbons (Fsp3) is 0.407. The summed E-state index contributed by atoms with van der Waals surface area (Å²) in [6, 6.07) is 12.1. The van der Waals surface area contributed by atoms with Gasteiger partial charge < -0.3 is 23.7 Å². The van der Waals surface area contributed by atoms with Crippen LogP contribution in [0.4, 0.5) is 0 Å². The highest BCUT2D eigenvalue weighted by atomic mass is 16.5. The third kappa shape index (κ3) is 4.28. The maximum Gasteiger partial charge on any atom is 0.290 e. The molecule has 2 aromatic carbocycles. The molecule has 1 amide bonds. The van der Waals surface area contributed by atoms with Crippen LogP contribution in [0.5, 0.6) is 11.5 Å². The average Bonchev–Trinajstić information content (AvgIpc) is 3.14. The second-order valence-corrected chi connectivity index (χ2v) is 8.29. The van der Waals surface area contributed by atoms with Crippen molar-refractivity contribution in [3.05, 3.63) is 69.6 Å². The smallest absolute Gasteiger partial charge is 0.290 e. The molecular weight excluding hydrogens is 432 g/mol. The van der Waals surface area contributed by atoms with E-state index in [4.69, 9.17) is 13.9 Å². The van der Waals surface area contributed by atoms with Crippen LogP contribution in [0, 0.1) is 0 Å². The van der Waals surface area contributed by atoms with Crippen molar-refractivity contribution in [2.75, 3.05) is 39.9 Å². The van der Waals surface area contributed by atoms with E-state index in [-0.39, 0.29) is 17.1 Å². The summed E-state index contributed by atoms with van der Waals surface area (Å²) < 4.78 is 17.2. The minimum absolute atomic E-state index is 0.129. The lowest BCUT2D eigenvalue weighted by Gasteiger charge is -2.27. The molecule has 1 atom stereocenters. The Balaban J connectivity index is 1.81. The first-order valence-electron chi connectivity index (χ1n) is 11.9. The quantitative estimate of drug-likeness (QED) is 0.441. The summed E-state index contributed by atoms with van der Waals surface area (Å²) in [5.41, 5.74) is 1.43. The highest BCUT2D eigenvalue weighted by Crippen LogP contribution is 2.41. The van der Waals surface area contributed by atoms with Crippen LogP contribution in [0.2, 0.25) is 0 Å². The van der Waals surface area contributed by atoms with E-state index in [9.17, 15) is 9.59 Å². The van der Waals surface area contributed by atoms with Gasteiger partial charge in [0.15, 0.2) is 16.9 Å². The molecule has 0 unspecified atom stereocenters. The van der Waals surface area contributed by atoms with Crippen molar-refractivity contribution in [1.82, 2.24) is 9.80 Å². The van der Waals surface area contributed by atoms with Gasteiger partial charge in [-0.05, 0) is 62.8 Å². The normalized spacial score (nSPS) is 15.3. The molecule has 0 bridgehead atoms. The molecule has 0 fully saturated rings. The zero-order valence-corrected chi connectivity index (χ0v) is 20.3. The van der Waals surface area contributed by atoms with Gasteiger partial charge >= 0.3 is 0 Å². The van der Waals surface area contributed by atoms with Gasteiger partial charge in [-0.15, -0.1) is 0 Å². The molecule has 0 N–H and O–H groups in total. The third-order valence-electron chi connectivity index (χ3n) is 6.44. The molecule has 1 aliphatic rings. The number of benzene rings is 2. The lowest BCUT2D eigenvalue weighted by molar-refractivity contribution is 0.0720. The molecular formula is C27H32N2O5. The molecule has 0 saturated carbocycles. The van der Waals surface area contributed by atoms with E-state index in [1.807, 2.05) is 25.1 Å². The van der Waals surface area contributed by atoms with Gasteiger partial charge in [0.05, 0.1) is 30.7 Å². The minimum Gasteiger partial charge on any atom is -0.493 e. The van der Waals surface area contributed by atoms with Gasteiger partial charge in [-0.1, -0.05) is 32.0 Å². The fourth-order valence-electron chi connectivity index (χ4n) is 4.68. The summed E-state index contributed by atoms with van der Waals surface area (Å²) in [6.45, 7) is 9.96. The number of hydrogen-bond acceptors (Lipinski definition) is 6. The standard InChI is InChI=1S/C27H32N2O5/c1-5-28(6-2)15-10-16-29-24(18-13-14-21(33-7-3)22(17-18)32-4)23-25(30)19-11-8-9-12-20(19)34-26(23)27(29)31/h8-9,11-14,17,24H,5-7,10,15-16H2,1-4H3/t24-/m0/s1. The van der Waals surface area contributed by atoms with Gasteiger partial charge in [0.1, 0.15) is 5.58 Å². The van der Waals surface area contributed by atoms with Crippen LogP contribution in [0.1, 0.15) is 54.9 Å². The monoisotopic (exact) mass is 464 g/mol.